The summed E-state index contributed by atoms with van der Waals surface area (Å²) in [6, 6.07) is 3.90. The zero-order valence-corrected chi connectivity index (χ0v) is 15.4. The van der Waals surface area contributed by atoms with Crippen LogP contribution >= 0.6 is 15.9 Å². The van der Waals surface area contributed by atoms with Gasteiger partial charge in [0.15, 0.2) is 5.78 Å². The van der Waals surface area contributed by atoms with Crippen LogP contribution in [0.2, 0.25) is 0 Å². The molecule has 22 heavy (non-hydrogen) atoms. The first-order chi connectivity index (χ1) is 10.2. The molecule has 3 nitrogen and oxygen atoms in total. The number of Topliss-reactive ketones (excluding diaryl/α,β-unsaturated/α-hetero) is 1. The zero-order valence-electron chi connectivity index (χ0n) is 13.8. The van der Waals surface area contributed by atoms with Crippen molar-refractivity contribution in [1.82, 2.24) is 4.90 Å². The second kappa shape index (κ2) is 5.34. The molecule has 1 fully saturated rings. The average molecular weight is 366 g/mol. The minimum Gasteiger partial charge on any atom is -0.486 e. The van der Waals surface area contributed by atoms with E-state index in [4.69, 9.17) is 4.74 Å². The van der Waals surface area contributed by atoms with Crippen molar-refractivity contribution >= 4 is 21.7 Å². The van der Waals surface area contributed by atoms with Crippen molar-refractivity contribution in [3.63, 3.8) is 0 Å². The van der Waals surface area contributed by atoms with E-state index in [1.54, 1.807) is 0 Å². The van der Waals surface area contributed by atoms with E-state index in [1.807, 2.05) is 19.1 Å². The number of ketones is 1. The molecule has 3 rings (SSSR count). The first kappa shape index (κ1) is 16.0. The molecule has 0 amide bonds. The minimum atomic E-state index is -0.305. The molecule has 0 atom stereocenters. The molecular weight excluding hydrogens is 342 g/mol. The van der Waals surface area contributed by atoms with Gasteiger partial charge in [-0.15, -0.1) is 0 Å². The fourth-order valence-electron chi connectivity index (χ4n) is 3.49. The Labute approximate surface area is 141 Å². The second-order valence-corrected chi connectivity index (χ2v) is 8.49. The molecule has 1 saturated heterocycles. The van der Waals surface area contributed by atoms with Gasteiger partial charge in [0.2, 0.25) is 0 Å². The summed E-state index contributed by atoms with van der Waals surface area (Å²) >= 11 is 3.54. The Morgan fingerprint density at radius 2 is 1.86 bits per heavy atom. The third-order valence-corrected chi connectivity index (χ3v) is 5.85. The van der Waals surface area contributed by atoms with Crippen LogP contribution in [0.5, 0.6) is 5.75 Å². The Hall–Kier alpha value is -0.870. The molecule has 4 heteroatoms. The number of benzene rings is 1. The Kier molecular flexibility index (Phi) is 3.89. The van der Waals surface area contributed by atoms with Gasteiger partial charge in [-0.1, -0.05) is 15.9 Å². The van der Waals surface area contributed by atoms with Gasteiger partial charge in [-0.3, -0.25) is 9.69 Å². The van der Waals surface area contributed by atoms with Crippen molar-refractivity contribution in [2.45, 2.75) is 58.1 Å². The van der Waals surface area contributed by atoms with E-state index in [9.17, 15) is 4.79 Å². The topological polar surface area (TPSA) is 29.5 Å². The van der Waals surface area contributed by atoms with E-state index in [-0.39, 0.29) is 16.9 Å². The molecule has 2 aliphatic heterocycles. The number of ether oxygens (including phenoxy) is 1. The SMILES string of the molecule is Cc1cc2c(cc1Br)OC1(CCN(C(C)(C)C)CC1)CC2=O. The van der Waals surface area contributed by atoms with E-state index < -0.39 is 0 Å². The van der Waals surface area contributed by atoms with Gasteiger partial charge in [0.1, 0.15) is 11.4 Å². The Morgan fingerprint density at radius 3 is 2.45 bits per heavy atom. The summed E-state index contributed by atoms with van der Waals surface area (Å²) in [6.07, 6.45) is 2.35. The highest BCUT2D eigenvalue weighted by atomic mass is 79.9. The van der Waals surface area contributed by atoms with Crippen molar-refractivity contribution in [2.24, 2.45) is 0 Å². The fourth-order valence-corrected chi connectivity index (χ4v) is 3.81. The summed E-state index contributed by atoms with van der Waals surface area (Å²) < 4.78 is 7.35. The first-order valence-electron chi connectivity index (χ1n) is 7.98. The van der Waals surface area contributed by atoms with E-state index in [2.05, 4.69) is 41.6 Å². The van der Waals surface area contributed by atoms with E-state index >= 15 is 0 Å². The van der Waals surface area contributed by atoms with Gasteiger partial charge in [-0.25, -0.2) is 0 Å². The van der Waals surface area contributed by atoms with Crippen LogP contribution in [-0.2, 0) is 0 Å². The van der Waals surface area contributed by atoms with Crippen molar-refractivity contribution in [3.8, 4) is 5.75 Å². The molecular formula is C18H24BrNO2. The molecule has 1 aromatic rings. The lowest BCUT2D eigenvalue weighted by Gasteiger charge is -2.47. The Bertz CT molecular complexity index is 610. The maximum atomic E-state index is 12.6. The quantitative estimate of drug-likeness (QED) is 0.684. The van der Waals surface area contributed by atoms with Crippen molar-refractivity contribution in [1.29, 1.82) is 0 Å². The summed E-state index contributed by atoms with van der Waals surface area (Å²) in [5.41, 5.74) is 1.69. The van der Waals surface area contributed by atoms with Crippen LogP contribution in [0.25, 0.3) is 0 Å². The van der Waals surface area contributed by atoms with Crippen LogP contribution in [0.4, 0.5) is 0 Å². The summed E-state index contributed by atoms with van der Waals surface area (Å²) in [7, 11) is 0. The first-order valence-corrected chi connectivity index (χ1v) is 8.77. The van der Waals surface area contributed by atoms with Crippen molar-refractivity contribution < 1.29 is 9.53 Å². The van der Waals surface area contributed by atoms with Crippen molar-refractivity contribution in [2.75, 3.05) is 13.1 Å². The molecule has 0 N–H and O–H groups in total. The number of carbonyl (C=O) groups is 1. The molecule has 2 aliphatic rings. The van der Waals surface area contributed by atoms with Crippen LogP contribution in [0.15, 0.2) is 16.6 Å². The molecule has 0 unspecified atom stereocenters. The van der Waals surface area contributed by atoms with Gasteiger partial charge in [0.05, 0.1) is 12.0 Å². The number of likely N-dealkylation sites (tertiary alicyclic amines) is 1. The number of fused-ring (bicyclic) bond motifs is 1. The largest absolute Gasteiger partial charge is 0.486 e. The van der Waals surface area contributed by atoms with E-state index in [0.717, 1.165) is 47.3 Å². The summed E-state index contributed by atoms with van der Waals surface area (Å²) in [4.78, 5) is 15.1. The lowest BCUT2D eigenvalue weighted by Crippen LogP contribution is -2.55. The van der Waals surface area contributed by atoms with Gasteiger partial charge >= 0.3 is 0 Å². The molecule has 1 spiro atoms. The van der Waals surface area contributed by atoms with Gasteiger partial charge < -0.3 is 4.74 Å². The molecule has 0 aromatic heterocycles. The van der Waals surface area contributed by atoms with Crippen LogP contribution in [0.3, 0.4) is 0 Å². The molecule has 0 saturated carbocycles. The zero-order chi connectivity index (χ0) is 16.1. The smallest absolute Gasteiger partial charge is 0.170 e. The minimum absolute atomic E-state index is 0.179. The summed E-state index contributed by atoms with van der Waals surface area (Å²) in [6.45, 7) is 10.7. The van der Waals surface area contributed by atoms with E-state index in [0.29, 0.717) is 6.42 Å². The van der Waals surface area contributed by atoms with Gasteiger partial charge in [0, 0.05) is 35.9 Å². The number of hydrogen-bond acceptors (Lipinski definition) is 3. The predicted molar refractivity (Wildman–Crippen MR) is 91.7 cm³/mol. The number of carbonyl (C=O) groups excluding carboxylic acids is 1. The van der Waals surface area contributed by atoms with Crippen LogP contribution in [0, 0.1) is 6.92 Å². The predicted octanol–water partition coefficient (Wildman–Crippen LogP) is 4.36. The normalized spacial score (nSPS) is 21.6. The lowest BCUT2D eigenvalue weighted by atomic mass is 9.81. The number of nitrogens with zero attached hydrogens (tertiary/aromatic N) is 1. The van der Waals surface area contributed by atoms with Crippen LogP contribution in [0.1, 0.15) is 56.0 Å². The van der Waals surface area contributed by atoms with Gasteiger partial charge in [-0.05, 0) is 45.4 Å². The van der Waals surface area contributed by atoms with Gasteiger partial charge in [-0.2, -0.15) is 0 Å². The van der Waals surface area contributed by atoms with Crippen molar-refractivity contribution in [3.05, 3.63) is 27.7 Å². The molecule has 1 aromatic carbocycles. The lowest BCUT2D eigenvalue weighted by molar-refractivity contribution is -0.0295. The Balaban J connectivity index is 1.84. The maximum absolute atomic E-state index is 12.6. The standard InChI is InChI=1S/C18H24BrNO2/c1-12-9-13-15(21)11-18(22-16(13)10-14(12)19)5-7-20(8-6-18)17(2,3)4/h9-10H,5-8,11H2,1-4H3. The van der Waals surface area contributed by atoms with Gasteiger partial charge in [0.25, 0.3) is 0 Å². The Morgan fingerprint density at radius 1 is 1.23 bits per heavy atom. The fraction of sp³-hybridized carbons (Fsp3) is 0.611. The molecule has 2 heterocycles. The highest BCUT2D eigenvalue weighted by Crippen LogP contribution is 2.42. The third-order valence-electron chi connectivity index (χ3n) is 4.99. The summed E-state index contributed by atoms with van der Waals surface area (Å²) in [5, 5.41) is 0. The number of piperidine rings is 1. The van der Waals surface area contributed by atoms with E-state index in [1.165, 1.54) is 0 Å². The number of rotatable bonds is 0. The molecule has 0 bridgehead atoms. The molecule has 120 valence electrons. The molecule has 0 radical (unpaired) electrons. The highest BCUT2D eigenvalue weighted by Gasteiger charge is 2.44. The van der Waals surface area contributed by atoms with Crippen LogP contribution in [-0.4, -0.2) is 34.9 Å². The number of aryl methyl sites for hydroxylation is 1. The summed E-state index contributed by atoms with van der Waals surface area (Å²) in [5.74, 6) is 0.971. The maximum Gasteiger partial charge on any atom is 0.170 e. The highest BCUT2D eigenvalue weighted by molar-refractivity contribution is 9.10. The van der Waals surface area contributed by atoms with Crippen LogP contribution < -0.4 is 4.74 Å². The third kappa shape index (κ3) is 2.83. The number of halogens is 1. The monoisotopic (exact) mass is 365 g/mol. The molecule has 0 aliphatic carbocycles. The average Bonchev–Trinajstić information content (AvgIpc) is 2.41. The number of hydrogen-bond donors (Lipinski definition) is 0. The second-order valence-electron chi connectivity index (χ2n) is 7.64.